The predicted molar refractivity (Wildman–Crippen MR) is 78.3 cm³/mol. The maximum Gasteiger partial charge on any atom is 0.125 e. The summed E-state index contributed by atoms with van der Waals surface area (Å²) in [4.78, 5) is 0. The molecule has 5 heteroatoms. The molecule has 0 fully saturated rings. The van der Waals surface area contributed by atoms with Crippen LogP contribution in [-0.4, -0.2) is 0 Å². The average Bonchev–Trinajstić information content (AvgIpc) is 2.27. The van der Waals surface area contributed by atoms with Crippen molar-refractivity contribution in [3.05, 3.63) is 50.8 Å². The van der Waals surface area contributed by atoms with Crippen LogP contribution in [0.25, 0.3) is 0 Å². The van der Waals surface area contributed by atoms with Crippen molar-refractivity contribution >= 4 is 51.3 Å². The number of rotatable bonds is 2. The summed E-state index contributed by atoms with van der Waals surface area (Å²) >= 11 is 8.01. The van der Waals surface area contributed by atoms with Crippen molar-refractivity contribution in [2.45, 2.75) is 0 Å². The molecule has 2 nitrogen and oxygen atoms in total. The highest BCUT2D eigenvalue weighted by atomic mass is 127. The molecule has 0 radical (unpaired) electrons. The molecule has 0 amide bonds. The lowest BCUT2D eigenvalue weighted by Crippen LogP contribution is -1.98. The Kier molecular flexibility index (Phi) is 3.73. The molecule has 0 aliphatic heterocycles. The van der Waals surface area contributed by atoms with Crippen LogP contribution >= 0.6 is 34.2 Å². The van der Waals surface area contributed by atoms with Gasteiger partial charge in [-0.3, -0.25) is 0 Å². The van der Waals surface area contributed by atoms with Crippen molar-refractivity contribution < 1.29 is 4.39 Å². The molecule has 0 spiro atoms. The fourth-order valence-electron chi connectivity index (χ4n) is 1.37. The largest absolute Gasteiger partial charge is 0.397 e. The van der Waals surface area contributed by atoms with E-state index in [0.29, 0.717) is 16.4 Å². The zero-order valence-corrected chi connectivity index (χ0v) is 11.6. The van der Waals surface area contributed by atoms with Crippen LogP contribution in [0.3, 0.4) is 0 Å². The Balaban J connectivity index is 2.34. The number of nitrogen functional groups attached to an aromatic ring is 1. The monoisotopic (exact) mass is 362 g/mol. The molecule has 3 N–H and O–H groups in total. The van der Waals surface area contributed by atoms with Crippen LogP contribution in [0.5, 0.6) is 0 Å². The smallest absolute Gasteiger partial charge is 0.125 e. The van der Waals surface area contributed by atoms with Gasteiger partial charge in [-0.1, -0.05) is 11.6 Å². The first-order valence-electron chi connectivity index (χ1n) is 4.83. The van der Waals surface area contributed by atoms with E-state index in [1.165, 1.54) is 18.2 Å². The molecular weight excluding hydrogens is 354 g/mol. The third-order valence-electron chi connectivity index (χ3n) is 2.22. The fraction of sp³-hybridized carbons (Fsp3) is 0. The summed E-state index contributed by atoms with van der Waals surface area (Å²) in [5.74, 6) is -0.328. The van der Waals surface area contributed by atoms with Gasteiger partial charge in [-0.15, -0.1) is 0 Å². The predicted octanol–water partition coefficient (Wildman–Crippen LogP) is 4.41. The third kappa shape index (κ3) is 3.01. The Morgan fingerprint density at radius 2 is 1.88 bits per heavy atom. The molecule has 0 aromatic heterocycles. The first-order chi connectivity index (χ1) is 8.06. The maximum absolute atomic E-state index is 13.1. The fourth-order valence-corrected chi connectivity index (χ4v) is 2.38. The molecule has 2 rings (SSSR count). The van der Waals surface area contributed by atoms with E-state index in [-0.39, 0.29) is 5.82 Å². The topological polar surface area (TPSA) is 38.0 Å². The molecule has 0 saturated carbocycles. The summed E-state index contributed by atoms with van der Waals surface area (Å²) in [6, 6.07) is 9.63. The van der Waals surface area contributed by atoms with Crippen LogP contribution in [0.2, 0.25) is 5.02 Å². The first-order valence-corrected chi connectivity index (χ1v) is 6.29. The number of hydrogen-bond donors (Lipinski definition) is 2. The number of halogens is 3. The molecule has 2 aromatic carbocycles. The number of hydrogen-bond acceptors (Lipinski definition) is 2. The van der Waals surface area contributed by atoms with Gasteiger partial charge in [0.25, 0.3) is 0 Å². The van der Waals surface area contributed by atoms with E-state index in [9.17, 15) is 4.39 Å². The van der Waals surface area contributed by atoms with Gasteiger partial charge in [-0.2, -0.15) is 0 Å². The summed E-state index contributed by atoms with van der Waals surface area (Å²) in [5, 5.41) is 3.74. The van der Waals surface area contributed by atoms with Crippen LogP contribution < -0.4 is 11.1 Å². The van der Waals surface area contributed by atoms with E-state index in [1.54, 1.807) is 6.07 Å². The molecule has 88 valence electrons. The van der Waals surface area contributed by atoms with Crippen LogP contribution in [0.4, 0.5) is 21.5 Å². The molecule has 0 bridgehead atoms. The van der Waals surface area contributed by atoms with Gasteiger partial charge in [-0.25, -0.2) is 4.39 Å². The van der Waals surface area contributed by atoms with E-state index in [0.717, 1.165) is 9.26 Å². The number of nitrogens with two attached hydrogens (primary N) is 1. The third-order valence-corrected chi connectivity index (χ3v) is 3.34. The van der Waals surface area contributed by atoms with Crippen LogP contribution in [0, 0.1) is 9.39 Å². The lowest BCUT2D eigenvalue weighted by Gasteiger charge is -2.11. The van der Waals surface area contributed by atoms with Crippen molar-refractivity contribution in [2.75, 3.05) is 11.1 Å². The number of benzene rings is 2. The van der Waals surface area contributed by atoms with Gasteiger partial charge in [0.1, 0.15) is 5.82 Å². The average molecular weight is 363 g/mol. The van der Waals surface area contributed by atoms with Crippen molar-refractivity contribution in [2.24, 2.45) is 0 Å². The van der Waals surface area contributed by atoms with E-state index >= 15 is 0 Å². The summed E-state index contributed by atoms with van der Waals surface area (Å²) in [7, 11) is 0. The molecule has 0 aliphatic carbocycles. The second-order valence-electron chi connectivity index (χ2n) is 3.48. The zero-order valence-electron chi connectivity index (χ0n) is 8.68. The van der Waals surface area contributed by atoms with Gasteiger partial charge >= 0.3 is 0 Å². The maximum atomic E-state index is 13.1. The normalized spacial score (nSPS) is 10.3. The van der Waals surface area contributed by atoms with Crippen molar-refractivity contribution in [3.8, 4) is 0 Å². The zero-order chi connectivity index (χ0) is 12.4. The van der Waals surface area contributed by atoms with Crippen LogP contribution in [0.15, 0.2) is 36.4 Å². The van der Waals surface area contributed by atoms with Crippen LogP contribution in [0.1, 0.15) is 0 Å². The van der Waals surface area contributed by atoms with Gasteiger partial charge in [0.05, 0.1) is 17.1 Å². The quantitative estimate of drug-likeness (QED) is 0.613. The minimum absolute atomic E-state index is 0.328. The lowest BCUT2D eigenvalue weighted by atomic mass is 10.2. The SMILES string of the molecule is Nc1ccc(F)cc1Nc1ccc(Cl)cc1I. The Morgan fingerprint density at radius 1 is 1.12 bits per heavy atom. The number of nitrogens with one attached hydrogen (secondary N) is 1. The highest BCUT2D eigenvalue weighted by Crippen LogP contribution is 2.28. The first kappa shape index (κ1) is 12.4. The minimum Gasteiger partial charge on any atom is -0.397 e. The van der Waals surface area contributed by atoms with E-state index in [2.05, 4.69) is 27.9 Å². The standard InChI is InChI=1S/C12H9ClFIN2/c13-7-1-4-11(9(15)5-7)17-12-6-8(14)2-3-10(12)16/h1-6,17H,16H2. The van der Waals surface area contributed by atoms with Gasteiger partial charge in [0, 0.05) is 8.59 Å². The second kappa shape index (κ2) is 5.10. The molecule has 0 atom stereocenters. The lowest BCUT2D eigenvalue weighted by molar-refractivity contribution is 0.628. The second-order valence-corrected chi connectivity index (χ2v) is 5.08. The van der Waals surface area contributed by atoms with Crippen molar-refractivity contribution in [3.63, 3.8) is 0 Å². The molecule has 0 heterocycles. The van der Waals surface area contributed by atoms with E-state index in [1.807, 2.05) is 12.1 Å². The Bertz CT molecular complexity index is 560. The molecule has 0 aliphatic rings. The van der Waals surface area contributed by atoms with Crippen molar-refractivity contribution in [1.29, 1.82) is 0 Å². The van der Waals surface area contributed by atoms with Crippen LogP contribution in [-0.2, 0) is 0 Å². The Labute approximate surface area is 117 Å². The summed E-state index contributed by atoms with van der Waals surface area (Å²) < 4.78 is 14.0. The summed E-state index contributed by atoms with van der Waals surface area (Å²) in [5.41, 5.74) is 7.64. The van der Waals surface area contributed by atoms with E-state index < -0.39 is 0 Å². The van der Waals surface area contributed by atoms with Crippen molar-refractivity contribution in [1.82, 2.24) is 0 Å². The molecule has 17 heavy (non-hydrogen) atoms. The molecular formula is C12H9ClFIN2. The van der Waals surface area contributed by atoms with Gasteiger partial charge in [0.2, 0.25) is 0 Å². The summed E-state index contributed by atoms with van der Waals surface area (Å²) in [6.45, 7) is 0. The van der Waals surface area contributed by atoms with Gasteiger partial charge in [0.15, 0.2) is 0 Å². The Morgan fingerprint density at radius 3 is 2.59 bits per heavy atom. The van der Waals surface area contributed by atoms with Gasteiger partial charge < -0.3 is 11.1 Å². The summed E-state index contributed by atoms with van der Waals surface area (Å²) in [6.07, 6.45) is 0. The molecule has 2 aromatic rings. The highest BCUT2D eigenvalue weighted by molar-refractivity contribution is 14.1. The van der Waals surface area contributed by atoms with Gasteiger partial charge in [-0.05, 0) is 59.0 Å². The molecule has 0 unspecified atom stereocenters. The highest BCUT2D eigenvalue weighted by Gasteiger charge is 2.05. The molecule has 0 saturated heterocycles. The van der Waals surface area contributed by atoms with E-state index in [4.69, 9.17) is 17.3 Å². The number of anilines is 3. The minimum atomic E-state index is -0.328. The Hall–Kier alpha value is -1.01.